The topological polar surface area (TPSA) is 76.1 Å². The molecule has 0 heterocycles. The number of rotatable bonds is 6. The Bertz CT molecular complexity index is 490. The fraction of sp³-hybridized carbons (Fsp3) is 0.143. The molecule has 2 unspecified atom stereocenters. The van der Waals surface area contributed by atoms with Crippen LogP contribution in [0.5, 0.6) is 5.75 Å². The molecule has 1 rings (SSSR count). The molecule has 2 atom stereocenters. The Morgan fingerprint density at radius 2 is 2.06 bits per heavy atom. The second kappa shape index (κ2) is 5.69. The van der Waals surface area contributed by atoms with Gasteiger partial charge in [0.15, 0.2) is 5.41 Å². The zero-order valence-electron chi connectivity index (χ0n) is 9.87. The number of nitrogens with zero attached hydrogens (tertiary/aromatic N) is 1. The summed E-state index contributed by atoms with van der Waals surface area (Å²) in [5.41, 5.74) is 3.63. The molecule has 4 heteroatoms. The molecule has 0 saturated heterocycles. The van der Waals surface area contributed by atoms with Gasteiger partial charge in [0.2, 0.25) is 5.91 Å². The standard InChI is InChI=1S/C14H14N2O2/c1-3-12(14(4-2,10-15)13(16)17)18-11-8-6-5-7-9-11/h3-9,12H,1-2H2,(H2,16,17). The number of carbonyl (C=O) groups is 1. The highest BCUT2D eigenvalue weighted by Crippen LogP contribution is 2.27. The number of nitrogens with two attached hydrogens (primary N) is 1. The summed E-state index contributed by atoms with van der Waals surface area (Å²) in [4.78, 5) is 11.5. The lowest BCUT2D eigenvalue weighted by molar-refractivity contribution is -0.125. The van der Waals surface area contributed by atoms with Gasteiger partial charge in [-0.3, -0.25) is 4.79 Å². The molecule has 18 heavy (non-hydrogen) atoms. The van der Waals surface area contributed by atoms with Crippen LogP contribution in [-0.2, 0) is 4.79 Å². The van der Waals surface area contributed by atoms with Crippen LogP contribution in [0.1, 0.15) is 0 Å². The van der Waals surface area contributed by atoms with Gasteiger partial charge in [-0.05, 0) is 18.2 Å². The van der Waals surface area contributed by atoms with Gasteiger partial charge in [-0.2, -0.15) is 5.26 Å². The quantitative estimate of drug-likeness (QED) is 0.773. The Labute approximate surface area is 106 Å². The van der Waals surface area contributed by atoms with E-state index in [1.165, 1.54) is 12.2 Å². The minimum absolute atomic E-state index is 0.519. The third-order valence-electron chi connectivity index (χ3n) is 2.58. The van der Waals surface area contributed by atoms with E-state index in [4.69, 9.17) is 10.5 Å². The van der Waals surface area contributed by atoms with E-state index in [1.54, 1.807) is 24.3 Å². The van der Waals surface area contributed by atoms with E-state index in [9.17, 15) is 10.1 Å². The first-order valence-corrected chi connectivity index (χ1v) is 5.29. The molecule has 0 spiro atoms. The molecule has 0 aromatic heterocycles. The summed E-state index contributed by atoms with van der Waals surface area (Å²) in [6.07, 6.45) is 1.66. The van der Waals surface area contributed by atoms with Gasteiger partial charge in [0.25, 0.3) is 0 Å². The molecule has 92 valence electrons. The highest BCUT2D eigenvalue weighted by molar-refractivity contribution is 5.87. The number of primary amides is 1. The van der Waals surface area contributed by atoms with E-state index in [0.29, 0.717) is 5.75 Å². The van der Waals surface area contributed by atoms with Crippen LogP contribution in [-0.4, -0.2) is 12.0 Å². The van der Waals surface area contributed by atoms with Gasteiger partial charge in [-0.1, -0.05) is 30.9 Å². The molecule has 2 N–H and O–H groups in total. The molecule has 0 aliphatic carbocycles. The fourth-order valence-corrected chi connectivity index (χ4v) is 1.49. The normalized spacial score (nSPS) is 14.6. The van der Waals surface area contributed by atoms with Gasteiger partial charge in [-0.15, -0.1) is 6.58 Å². The number of benzene rings is 1. The lowest BCUT2D eigenvalue weighted by Gasteiger charge is -2.27. The molecule has 4 nitrogen and oxygen atoms in total. The van der Waals surface area contributed by atoms with Crippen molar-refractivity contribution >= 4 is 5.91 Å². The van der Waals surface area contributed by atoms with E-state index in [0.717, 1.165) is 0 Å². The van der Waals surface area contributed by atoms with Gasteiger partial charge >= 0.3 is 0 Å². The largest absolute Gasteiger partial charge is 0.484 e. The summed E-state index contributed by atoms with van der Waals surface area (Å²) in [5.74, 6) is -0.300. The van der Waals surface area contributed by atoms with Gasteiger partial charge < -0.3 is 10.5 Å². The number of hydrogen-bond donors (Lipinski definition) is 1. The third kappa shape index (κ3) is 2.41. The summed E-state index contributed by atoms with van der Waals surface area (Å²) in [5, 5.41) is 9.18. The van der Waals surface area contributed by atoms with Crippen molar-refractivity contribution in [1.29, 1.82) is 5.26 Å². The minimum Gasteiger partial charge on any atom is -0.484 e. The van der Waals surface area contributed by atoms with Crippen molar-refractivity contribution in [1.82, 2.24) is 0 Å². The Morgan fingerprint density at radius 3 is 2.44 bits per heavy atom. The molecular formula is C14H14N2O2. The average Bonchev–Trinajstić information content (AvgIpc) is 2.40. The maximum Gasteiger partial charge on any atom is 0.246 e. The number of hydrogen-bond acceptors (Lipinski definition) is 3. The Morgan fingerprint density at radius 1 is 1.44 bits per heavy atom. The van der Waals surface area contributed by atoms with Crippen LogP contribution in [0.3, 0.4) is 0 Å². The van der Waals surface area contributed by atoms with Crippen LogP contribution < -0.4 is 10.5 Å². The summed E-state index contributed by atoms with van der Waals surface area (Å²) < 4.78 is 5.56. The number of ether oxygens (including phenoxy) is 1. The van der Waals surface area contributed by atoms with E-state index < -0.39 is 17.4 Å². The van der Waals surface area contributed by atoms with E-state index in [-0.39, 0.29) is 0 Å². The number of para-hydroxylation sites is 1. The van der Waals surface area contributed by atoms with Crippen LogP contribution >= 0.6 is 0 Å². The molecule has 0 bridgehead atoms. The molecule has 0 saturated carbocycles. The van der Waals surface area contributed by atoms with Crippen molar-refractivity contribution in [3.8, 4) is 11.8 Å². The van der Waals surface area contributed by atoms with Crippen molar-refractivity contribution in [2.45, 2.75) is 6.10 Å². The zero-order valence-corrected chi connectivity index (χ0v) is 9.87. The highest BCUT2D eigenvalue weighted by atomic mass is 16.5. The van der Waals surface area contributed by atoms with Crippen LogP contribution in [0, 0.1) is 16.7 Å². The lowest BCUT2D eigenvalue weighted by atomic mass is 9.82. The van der Waals surface area contributed by atoms with Gasteiger partial charge in [0.05, 0.1) is 6.07 Å². The second-order valence-electron chi connectivity index (χ2n) is 3.64. The smallest absolute Gasteiger partial charge is 0.246 e. The van der Waals surface area contributed by atoms with E-state index in [1.807, 2.05) is 12.1 Å². The fourth-order valence-electron chi connectivity index (χ4n) is 1.49. The molecule has 0 aliphatic rings. The predicted molar refractivity (Wildman–Crippen MR) is 68.5 cm³/mol. The highest BCUT2D eigenvalue weighted by Gasteiger charge is 2.42. The van der Waals surface area contributed by atoms with Crippen LogP contribution in [0.2, 0.25) is 0 Å². The second-order valence-corrected chi connectivity index (χ2v) is 3.64. The van der Waals surface area contributed by atoms with Gasteiger partial charge in [0, 0.05) is 0 Å². The maximum atomic E-state index is 11.5. The first-order valence-electron chi connectivity index (χ1n) is 5.29. The molecule has 0 aliphatic heterocycles. The SMILES string of the molecule is C=CC(Oc1ccccc1)C(C#N)(C=C)C(N)=O. The molecule has 1 aromatic carbocycles. The van der Waals surface area contributed by atoms with Gasteiger partial charge in [-0.25, -0.2) is 0 Å². The first-order chi connectivity index (χ1) is 8.60. The number of amides is 1. The Balaban J connectivity index is 3.09. The van der Waals surface area contributed by atoms with Crippen molar-refractivity contribution in [3.63, 3.8) is 0 Å². The molecule has 1 aromatic rings. The molecular weight excluding hydrogens is 228 g/mol. The average molecular weight is 242 g/mol. The number of carbonyl (C=O) groups excluding carboxylic acids is 1. The van der Waals surface area contributed by atoms with Crippen molar-refractivity contribution in [2.24, 2.45) is 11.1 Å². The maximum absolute atomic E-state index is 11.5. The van der Waals surface area contributed by atoms with Crippen molar-refractivity contribution in [3.05, 3.63) is 55.6 Å². The Kier molecular flexibility index (Phi) is 4.27. The number of nitriles is 1. The monoisotopic (exact) mass is 242 g/mol. The summed E-state index contributed by atoms with van der Waals surface area (Å²) in [6.45, 7) is 7.05. The summed E-state index contributed by atoms with van der Waals surface area (Å²) in [7, 11) is 0. The van der Waals surface area contributed by atoms with E-state index >= 15 is 0 Å². The van der Waals surface area contributed by atoms with Gasteiger partial charge in [0.1, 0.15) is 11.9 Å². The van der Waals surface area contributed by atoms with Crippen LogP contribution in [0.15, 0.2) is 55.6 Å². The van der Waals surface area contributed by atoms with Crippen molar-refractivity contribution in [2.75, 3.05) is 0 Å². The van der Waals surface area contributed by atoms with Crippen LogP contribution in [0.25, 0.3) is 0 Å². The predicted octanol–water partition coefficient (Wildman–Crippen LogP) is 1.80. The molecule has 1 amide bonds. The molecule has 0 radical (unpaired) electrons. The minimum atomic E-state index is -1.63. The summed E-state index contributed by atoms with van der Waals surface area (Å²) >= 11 is 0. The van der Waals surface area contributed by atoms with E-state index in [2.05, 4.69) is 13.2 Å². The zero-order chi connectivity index (χ0) is 13.6. The van der Waals surface area contributed by atoms with Crippen LogP contribution in [0.4, 0.5) is 0 Å². The lowest BCUT2D eigenvalue weighted by Crippen LogP contribution is -2.45. The molecule has 0 fully saturated rings. The Hall–Kier alpha value is -2.54. The summed E-state index contributed by atoms with van der Waals surface area (Å²) in [6, 6.07) is 10.7. The first kappa shape index (κ1) is 13.5. The van der Waals surface area contributed by atoms with Crippen molar-refractivity contribution < 1.29 is 9.53 Å². The third-order valence-corrected chi connectivity index (χ3v) is 2.58.